The number of benzene rings is 1. The van der Waals surface area contributed by atoms with E-state index in [9.17, 15) is 13.2 Å². The van der Waals surface area contributed by atoms with Gasteiger partial charge in [-0.15, -0.1) is 0 Å². The number of hydrogen-bond acceptors (Lipinski definition) is 5. The highest BCUT2D eigenvalue weighted by Crippen LogP contribution is 2.22. The molecule has 1 unspecified atom stereocenters. The van der Waals surface area contributed by atoms with E-state index in [-0.39, 0.29) is 30.0 Å². The van der Waals surface area contributed by atoms with E-state index in [1.54, 1.807) is 12.3 Å². The standard InChI is InChI=1S/C19H24N2O4S/c1-14-5-3-6-15(2)19(14)20-18(22)12-21(11-17-7-4-9-25-17)16-8-10-26(23,24)13-16/h3-7,9,16H,8,10-13H2,1-2H3,(H,20,22). The molecule has 0 saturated carbocycles. The van der Waals surface area contributed by atoms with Crippen LogP contribution >= 0.6 is 0 Å². The van der Waals surface area contributed by atoms with Crippen LogP contribution in [0.5, 0.6) is 0 Å². The van der Waals surface area contributed by atoms with Gasteiger partial charge in [0.15, 0.2) is 9.84 Å². The molecule has 26 heavy (non-hydrogen) atoms. The summed E-state index contributed by atoms with van der Waals surface area (Å²) in [7, 11) is -3.03. The number of amides is 1. The minimum Gasteiger partial charge on any atom is -0.468 e. The average Bonchev–Trinajstić information content (AvgIpc) is 3.20. The van der Waals surface area contributed by atoms with Gasteiger partial charge in [-0.05, 0) is 43.5 Å². The van der Waals surface area contributed by atoms with Crippen molar-refractivity contribution in [3.63, 3.8) is 0 Å². The SMILES string of the molecule is Cc1cccc(C)c1NC(=O)CN(Cc1ccco1)C1CCS(=O)(=O)C1. The van der Waals surface area contributed by atoms with Crippen molar-refractivity contribution < 1.29 is 17.6 Å². The van der Waals surface area contributed by atoms with Crippen molar-refractivity contribution >= 4 is 21.4 Å². The van der Waals surface area contributed by atoms with Crippen molar-refractivity contribution in [2.24, 2.45) is 0 Å². The first-order valence-corrected chi connectivity index (χ1v) is 10.5. The molecular formula is C19H24N2O4S. The van der Waals surface area contributed by atoms with Crippen LogP contribution in [0.4, 0.5) is 5.69 Å². The summed E-state index contributed by atoms with van der Waals surface area (Å²) >= 11 is 0. The van der Waals surface area contributed by atoms with E-state index in [1.165, 1.54) is 0 Å². The number of aryl methyl sites for hydroxylation is 2. The second-order valence-corrected chi connectivity index (χ2v) is 9.08. The van der Waals surface area contributed by atoms with Crippen LogP contribution in [-0.4, -0.2) is 43.3 Å². The number of nitrogens with zero attached hydrogens (tertiary/aromatic N) is 1. The third-order valence-electron chi connectivity index (χ3n) is 4.76. The summed E-state index contributed by atoms with van der Waals surface area (Å²) in [5, 5.41) is 2.97. The lowest BCUT2D eigenvalue weighted by molar-refractivity contribution is -0.118. The molecule has 1 aromatic heterocycles. The number of sulfone groups is 1. The van der Waals surface area contributed by atoms with Gasteiger partial charge in [-0.3, -0.25) is 9.69 Å². The molecule has 0 radical (unpaired) electrons. The van der Waals surface area contributed by atoms with Gasteiger partial charge >= 0.3 is 0 Å². The Morgan fingerprint density at radius 3 is 2.54 bits per heavy atom. The molecular weight excluding hydrogens is 352 g/mol. The van der Waals surface area contributed by atoms with Gasteiger partial charge in [0, 0.05) is 11.7 Å². The maximum Gasteiger partial charge on any atom is 0.238 e. The molecule has 2 aromatic rings. The number of carbonyl (C=O) groups excluding carboxylic acids is 1. The van der Waals surface area contributed by atoms with E-state index < -0.39 is 9.84 Å². The molecule has 0 aliphatic carbocycles. The highest BCUT2D eigenvalue weighted by molar-refractivity contribution is 7.91. The maximum absolute atomic E-state index is 12.6. The second-order valence-electron chi connectivity index (χ2n) is 6.86. The summed E-state index contributed by atoms with van der Waals surface area (Å²) in [6.45, 7) is 4.43. The number of anilines is 1. The first-order valence-electron chi connectivity index (χ1n) is 8.67. The highest BCUT2D eigenvalue weighted by Gasteiger charge is 2.33. The molecule has 1 N–H and O–H groups in total. The van der Waals surface area contributed by atoms with Crippen LogP contribution in [0.15, 0.2) is 41.0 Å². The number of para-hydroxylation sites is 1. The zero-order valence-electron chi connectivity index (χ0n) is 15.1. The van der Waals surface area contributed by atoms with E-state index >= 15 is 0 Å². The molecule has 1 aliphatic heterocycles. The molecule has 1 atom stereocenters. The summed E-state index contributed by atoms with van der Waals surface area (Å²) in [6.07, 6.45) is 2.12. The van der Waals surface area contributed by atoms with Crippen molar-refractivity contribution in [3.05, 3.63) is 53.5 Å². The van der Waals surface area contributed by atoms with Crippen molar-refractivity contribution in [3.8, 4) is 0 Å². The molecule has 1 saturated heterocycles. The summed E-state index contributed by atoms with van der Waals surface area (Å²) in [6, 6.07) is 9.30. The Labute approximate surface area is 154 Å². The van der Waals surface area contributed by atoms with Gasteiger partial charge in [0.1, 0.15) is 5.76 Å². The summed E-state index contributed by atoms with van der Waals surface area (Å²) in [4.78, 5) is 14.5. The Kier molecular flexibility index (Phi) is 5.48. The monoisotopic (exact) mass is 376 g/mol. The largest absolute Gasteiger partial charge is 0.468 e. The Bertz CT molecular complexity index is 855. The predicted octanol–water partition coefficient (Wildman–Crippen LogP) is 2.52. The van der Waals surface area contributed by atoms with Crippen LogP contribution < -0.4 is 5.32 Å². The first kappa shape index (κ1) is 18.7. The molecule has 1 aliphatic rings. The van der Waals surface area contributed by atoms with Gasteiger partial charge < -0.3 is 9.73 Å². The van der Waals surface area contributed by atoms with Gasteiger partial charge in [-0.2, -0.15) is 0 Å². The normalized spacial score (nSPS) is 19.0. The predicted molar refractivity (Wildman–Crippen MR) is 101 cm³/mol. The van der Waals surface area contributed by atoms with Crippen LogP contribution in [-0.2, 0) is 21.2 Å². The van der Waals surface area contributed by atoms with Gasteiger partial charge in [-0.1, -0.05) is 18.2 Å². The number of nitrogens with one attached hydrogen (secondary N) is 1. The fraction of sp³-hybridized carbons (Fsp3) is 0.421. The average molecular weight is 376 g/mol. The fourth-order valence-corrected chi connectivity index (χ4v) is 5.12. The van der Waals surface area contributed by atoms with Crippen LogP contribution in [0.25, 0.3) is 0 Å². The summed E-state index contributed by atoms with van der Waals surface area (Å²) in [5.41, 5.74) is 2.81. The second kappa shape index (κ2) is 7.63. The molecule has 7 heteroatoms. The van der Waals surface area contributed by atoms with Crippen LogP contribution in [0.3, 0.4) is 0 Å². The molecule has 1 amide bonds. The van der Waals surface area contributed by atoms with Crippen molar-refractivity contribution in [1.29, 1.82) is 0 Å². The Hall–Kier alpha value is -2.12. The highest BCUT2D eigenvalue weighted by atomic mass is 32.2. The minimum atomic E-state index is -3.03. The molecule has 0 spiro atoms. The summed E-state index contributed by atoms with van der Waals surface area (Å²) < 4.78 is 29.1. The Morgan fingerprint density at radius 1 is 1.23 bits per heavy atom. The fourth-order valence-electron chi connectivity index (χ4n) is 3.36. The lowest BCUT2D eigenvalue weighted by Gasteiger charge is -2.26. The van der Waals surface area contributed by atoms with Crippen molar-refractivity contribution in [1.82, 2.24) is 4.90 Å². The number of carbonyl (C=O) groups is 1. The summed E-state index contributed by atoms with van der Waals surface area (Å²) in [5.74, 6) is 0.822. The molecule has 1 aromatic carbocycles. The van der Waals surface area contributed by atoms with E-state index in [2.05, 4.69) is 5.32 Å². The lowest BCUT2D eigenvalue weighted by Crippen LogP contribution is -2.41. The molecule has 3 rings (SSSR count). The molecule has 140 valence electrons. The first-order chi connectivity index (χ1) is 12.3. The molecule has 6 nitrogen and oxygen atoms in total. The number of hydrogen-bond donors (Lipinski definition) is 1. The third-order valence-corrected chi connectivity index (χ3v) is 6.51. The smallest absolute Gasteiger partial charge is 0.238 e. The van der Waals surface area contributed by atoms with E-state index in [4.69, 9.17) is 4.42 Å². The molecule has 2 heterocycles. The number of furan rings is 1. The topological polar surface area (TPSA) is 79.6 Å². The van der Waals surface area contributed by atoms with Crippen molar-refractivity contribution in [2.45, 2.75) is 32.9 Å². The zero-order chi connectivity index (χ0) is 18.7. The maximum atomic E-state index is 12.6. The van der Waals surface area contributed by atoms with Gasteiger partial charge in [0.2, 0.25) is 5.91 Å². The van der Waals surface area contributed by atoms with E-state index in [1.807, 2.05) is 43.0 Å². The quantitative estimate of drug-likeness (QED) is 0.838. The van der Waals surface area contributed by atoms with Crippen molar-refractivity contribution in [2.75, 3.05) is 23.4 Å². The van der Waals surface area contributed by atoms with Crippen LogP contribution in [0.2, 0.25) is 0 Å². The van der Waals surface area contributed by atoms with E-state index in [0.717, 1.165) is 16.8 Å². The molecule has 1 fully saturated rings. The Morgan fingerprint density at radius 2 is 1.96 bits per heavy atom. The Balaban J connectivity index is 1.73. The van der Waals surface area contributed by atoms with E-state index in [0.29, 0.717) is 18.7 Å². The lowest BCUT2D eigenvalue weighted by atomic mass is 10.1. The van der Waals surface area contributed by atoms with Crippen LogP contribution in [0, 0.1) is 13.8 Å². The molecule has 0 bridgehead atoms. The van der Waals surface area contributed by atoms with Gasteiger partial charge in [-0.25, -0.2) is 8.42 Å². The van der Waals surface area contributed by atoms with Gasteiger partial charge in [0.05, 0.1) is 30.9 Å². The third kappa shape index (κ3) is 4.53. The number of rotatable bonds is 6. The van der Waals surface area contributed by atoms with Gasteiger partial charge in [0.25, 0.3) is 0 Å². The minimum absolute atomic E-state index is 0.0877. The zero-order valence-corrected chi connectivity index (χ0v) is 15.9. The van der Waals surface area contributed by atoms with Crippen LogP contribution in [0.1, 0.15) is 23.3 Å².